The van der Waals surface area contributed by atoms with Gasteiger partial charge in [-0.15, -0.1) is 24.8 Å². The minimum absolute atomic E-state index is 0. The Morgan fingerprint density at radius 3 is 2.35 bits per heavy atom. The van der Waals surface area contributed by atoms with E-state index >= 15 is 0 Å². The zero-order valence-corrected chi connectivity index (χ0v) is 18.6. The summed E-state index contributed by atoms with van der Waals surface area (Å²) in [4.78, 5) is 8.52. The molecular formula is C23H23Cl2FN4O. The molecule has 162 valence electrons. The number of hydrogen-bond donors (Lipinski definition) is 0. The maximum absolute atomic E-state index is 12.8. The smallest absolute Gasteiger partial charge is 0.130 e. The summed E-state index contributed by atoms with van der Waals surface area (Å²) in [6, 6.07) is 17.5. The van der Waals surface area contributed by atoms with Gasteiger partial charge in [-0.2, -0.15) is 5.10 Å². The fourth-order valence-electron chi connectivity index (χ4n) is 3.12. The molecule has 5 nitrogen and oxygen atoms in total. The number of aromatic nitrogens is 4. The molecule has 0 N–H and O–H groups in total. The highest BCUT2D eigenvalue weighted by atomic mass is 35.5. The average Bonchev–Trinajstić information content (AvgIpc) is 3.18. The van der Waals surface area contributed by atoms with Crippen molar-refractivity contribution in [3.05, 3.63) is 84.6 Å². The molecule has 0 unspecified atom stereocenters. The predicted octanol–water partition coefficient (Wildman–Crippen LogP) is 5.71. The third kappa shape index (κ3) is 6.03. The highest BCUT2D eigenvalue weighted by Gasteiger charge is 2.13. The van der Waals surface area contributed by atoms with Crippen LogP contribution in [0.4, 0.5) is 4.39 Å². The Morgan fingerprint density at radius 1 is 0.935 bits per heavy atom. The predicted molar refractivity (Wildman–Crippen MR) is 125 cm³/mol. The molecule has 3 aromatic heterocycles. The molecule has 0 aliphatic heterocycles. The first kappa shape index (κ1) is 24.3. The van der Waals surface area contributed by atoms with Gasteiger partial charge in [-0.1, -0.05) is 6.07 Å². The number of aryl methyl sites for hydroxylation is 2. The fraction of sp³-hybridized carbons (Fsp3) is 0.174. The number of hydrogen-bond acceptors (Lipinski definition) is 4. The van der Waals surface area contributed by atoms with E-state index in [-0.39, 0.29) is 31.4 Å². The summed E-state index contributed by atoms with van der Waals surface area (Å²) < 4.78 is 20.3. The minimum Gasteiger partial charge on any atom is -0.487 e. The lowest BCUT2D eigenvalue weighted by Gasteiger charge is -2.08. The number of halogens is 3. The van der Waals surface area contributed by atoms with E-state index in [4.69, 9.17) is 4.74 Å². The van der Waals surface area contributed by atoms with Crippen molar-refractivity contribution in [1.29, 1.82) is 0 Å². The summed E-state index contributed by atoms with van der Waals surface area (Å²) >= 11 is 0. The minimum atomic E-state index is -0.462. The Balaban J connectivity index is 0.00000171. The topological polar surface area (TPSA) is 52.8 Å². The summed E-state index contributed by atoms with van der Waals surface area (Å²) in [5.41, 5.74) is 5.53. The Morgan fingerprint density at radius 2 is 1.68 bits per heavy atom. The Bertz CT molecular complexity index is 1090. The van der Waals surface area contributed by atoms with Gasteiger partial charge in [-0.3, -0.25) is 14.6 Å². The van der Waals surface area contributed by atoms with Crippen LogP contribution < -0.4 is 4.74 Å². The van der Waals surface area contributed by atoms with Crippen LogP contribution in [0.15, 0.2) is 73.2 Å². The van der Waals surface area contributed by atoms with Crippen molar-refractivity contribution >= 4 is 24.8 Å². The van der Waals surface area contributed by atoms with Crippen molar-refractivity contribution in [2.75, 3.05) is 6.67 Å². The molecule has 0 spiro atoms. The number of alkyl halides is 1. The lowest BCUT2D eigenvalue weighted by Crippen LogP contribution is -2.00. The van der Waals surface area contributed by atoms with Gasteiger partial charge < -0.3 is 4.74 Å². The molecule has 0 bridgehead atoms. The van der Waals surface area contributed by atoms with Gasteiger partial charge in [-0.05, 0) is 61.0 Å². The molecule has 0 fully saturated rings. The van der Waals surface area contributed by atoms with Gasteiger partial charge in [-0.25, -0.2) is 4.39 Å². The number of ether oxygens (including phenoxy) is 1. The van der Waals surface area contributed by atoms with Crippen molar-refractivity contribution < 1.29 is 9.13 Å². The third-order valence-corrected chi connectivity index (χ3v) is 4.53. The molecular weight excluding hydrogens is 438 g/mol. The van der Waals surface area contributed by atoms with Gasteiger partial charge >= 0.3 is 0 Å². The van der Waals surface area contributed by atoms with Crippen LogP contribution >= 0.6 is 24.8 Å². The standard InChI is InChI=1S/C23H21FN4O.2ClH/c1-17-3-2-4-20(26-17)16-29-21-7-5-19(6-8-21)23-22(15-28(27-23)14-11-24)18-9-12-25-13-10-18;;/h2-10,12-13,15H,11,14,16H2,1H3;2*1H. The molecule has 0 saturated heterocycles. The molecule has 31 heavy (non-hydrogen) atoms. The lowest BCUT2D eigenvalue weighted by molar-refractivity contribution is 0.301. The van der Waals surface area contributed by atoms with E-state index in [1.54, 1.807) is 17.1 Å². The zero-order valence-electron chi connectivity index (χ0n) is 16.9. The number of rotatable bonds is 7. The second kappa shape index (κ2) is 11.4. The summed E-state index contributed by atoms with van der Waals surface area (Å²) in [6.07, 6.45) is 5.35. The van der Waals surface area contributed by atoms with Crippen LogP contribution in [0, 0.1) is 6.92 Å². The summed E-state index contributed by atoms with van der Waals surface area (Å²) in [7, 11) is 0. The van der Waals surface area contributed by atoms with E-state index in [1.807, 2.05) is 67.7 Å². The molecule has 0 atom stereocenters. The first-order valence-corrected chi connectivity index (χ1v) is 9.42. The van der Waals surface area contributed by atoms with Crippen molar-refractivity contribution in [3.63, 3.8) is 0 Å². The molecule has 4 rings (SSSR count). The van der Waals surface area contributed by atoms with E-state index < -0.39 is 6.67 Å². The molecule has 0 aliphatic rings. The van der Waals surface area contributed by atoms with Crippen LogP contribution in [0.2, 0.25) is 0 Å². The number of nitrogens with zero attached hydrogens (tertiary/aromatic N) is 4. The Labute approximate surface area is 193 Å². The van der Waals surface area contributed by atoms with Crippen LogP contribution in [0.5, 0.6) is 5.75 Å². The van der Waals surface area contributed by atoms with Crippen molar-refractivity contribution in [2.45, 2.75) is 20.1 Å². The van der Waals surface area contributed by atoms with Crippen LogP contribution in [-0.2, 0) is 13.2 Å². The van der Waals surface area contributed by atoms with Crippen molar-refractivity contribution in [1.82, 2.24) is 19.7 Å². The monoisotopic (exact) mass is 460 g/mol. The molecule has 1 aromatic carbocycles. The maximum atomic E-state index is 12.8. The molecule has 0 amide bonds. The molecule has 4 aromatic rings. The second-order valence-electron chi connectivity index (χ2n) is 6.66. The van der Waals surface area contributed by atoms with Crippen LogP contribution in [0.1, 0.15) is 11.4 Å². The molecule has 0 aliphatic carbocycles. The highest BCUT2D eigenvalue weighted by molar-refractivity contribution is 5.85. The van der Waals surface area contributed by atoms with Crippen LogP contribution in [-0.4, -0.2) is 26.4 Å². The van der Waals surface area contributed by atoms with E-state index in [9.17, 15) is 4.39 Å². The third-order valence-electron chi connectivity index (χ3n) is 4.53. The summed E-state index contributed by atoms with van der Waals surface area (Å²) in [5.74, 6) is 0.755. The van der Waals surface area contributed by atoms with Gasteiger partial charge in [0.05, 0.1) is 12.2 Å². The number of benzene rings is 1. The largest absolute Gasteiger partial charge is 0.487 e. The van der Waals surface area contributed by atoms with Gasteiger partial charge in [0.1, 0.15) is 24.7 Å². The van der Waals surface area contributed by atoms with E-state index in [0.29, 0.717) is 6.61 Å². The van der Waals surface area contributed by atoms with E-state index in [0.717, 1.165) is 39.5 Å². The van der Waals surface area contributed by atoms with Gasteiger partial charge in [0.2, 0.25) is 0 Å². The molecule has 8 heteroatoms. The van der Waals surface area contributed by atoms with E-state index in [2.05, 4.69) is 15.1 Å². The normalized spacial score (nSPS) is 10.1. The maximum Gasteiger partial charge on any atom is 0.130 e. The highest BCUT2D eigenvalue weighted by Crippen LogP contribution is 2.31. The molecule has 3 heterocycles. The first-order valence-electron chi connectivity index (χ1n) is 9.42. The van der Waals surface area contributed by atoms with E-state index in [1.165, 1.54) is 0 Å². The lowest BCUT2D eigenvalue weighted by atomic mass is 10.0. The van der Waals surface area contributed by atoms with Crippen LogP contribution in [0.25, 0.3) is 22.4 Å². The zero-order chi connectivity index (χ0) is 20.1. The first-order chi connectivity index (χ1) is 14.2. The summed E-state index contributed by atoms with van der Waals surface area (Å²) in [6.45, 7) is 2.13. The van der Waals surface area contributed by atoms with Crippen molar-refractivity contribution in [3.8, 4) is 28.1 Å². The SMILES string of the molecule is Cc1cccc(COc2ccc(-c3nn(CCF)cc3-c3ccncc3)cc2)n1.Cl.Cl. The Hall–Kier alpha value is -2.96. The summed E-state index contributed by atoms with van der Waals surface area (Å²) in [5, 5.41) is 4.58. The Kier molecular flexibility index (Phi) is 8.97. The molecule has 0 radical (unpaired) electrons. The molecule has 0 saturated carbocycles. The fourth-order valence-corrected chi connectivity index (χ4v) is 3.12. The van der Waals surface area contributed by atoms with Crippen LogP contribution in [0.3, 0.4) is 0 Å². The van der Waals surface area contributed by atoms with Gasteiger partial charge in [0, 0.05) is 35.4 Å². The number of pyridine rings is 2. The quantitative estimate of drug-likeness (QED) is 0.354. The average molecular weight is 461 g/mol. The van der Waals surface area contributed by atoms with Gasteiger partial charge in [0.15, 0.2) is 0 Å². The van der Waals surface area contributed by atoms with Crippen molar-refractivity contribution in [2.24, 2.45) is 0 Å². The second-order valence-corrected chi connectivity index (χ2v) is 6.66. The van der Waals surface area contributed by atoms with Gasteiger partial charge in [0.25, 0.3) is 0 Å².